The van der Waals surface area contributed by atoms with Gasteiger partial charge in [-0.25, -0.2) is 0 Å². The molecule has 0 fully saturated rings. The van der Waals surface area contributed by atoms with Gasteiger partial charge >= 0.3 is 0 Å². The molecule has 0 radical (unpaired) electrons. The summed E-state index contributed by atoms with van der Waals surface area (Å²) in [5.41, 5.74) is 0.502. The maximum Gasteiger partial charge on any atom is 0.0931 e. The van der Waals surface area contributed by atoms with Crippen LogP contribution in [-0.4, -0.2) is 11.4 Å². The molecule has 0 aliphatic heterocycles. The topological polar surface area (TPSA) is 47.7 Å². The molecule has 3 heteroatoms. The van der Waals surface area contributed by atoms with Crippen LogP contribution in [0.25, 0.3) is 0 Å². The molecule has 1 aliphatic rings. The molecule has 0 amide bonds. The molecule has 0 aromatic rings. The van der Waals surface area contributed by atoms with Gasteiger partial charge in [0.15, 0.2) is 0 Å². The van der Waals surface area contributed by atoms with Gasteiger partial charge in [0, 0.05) is 4.48 Å². The van der Waals surface area contributed by atoms with E-state index in [-0.39, 0.29) is 11.4 Å². The molecular weight excluding hydrogens is 180 g/mol. The summed E-state index contributed by atoms with van der Waals surface area (Å²) in [5.74, 6) is 0. The van der Waals surface area contributed by atoms with Crippen molar-refractivity contribution in [2.24, 2.45) is 0 Å². The van der Waals surface area contributed by atoms with Crippen molar-refractivity contribution in [3.63, 3.8) is 0 Å². The molecule has 2 nitrogen and oxygen atoms in total. The Morgan fingerprint density at radius 1 is 1.33 bits per heavy atom. The molecule has 0 heterocycles. The Balaban J connectivity index is 3.00. The number of rotatable bonds is 0. The van der Waals surface area contributed by atoms with Crippen molar-refractivity contribution in [2.75, 3.05) is 0 Å². The van der Waals surface area contributed by atoms with E-state index in [4.69, 9.17) is 10.8 Å². The number of hydrogen-bond acceptors (Lipinski definition) is 2. The lowest BCUT2D eigenvalue weighted by Crippen LogP contribution is -2.10. The summed E-state index contributed by atoms with van der Waals surface area (Å²) in [7, 11) is 0. The van der Waals surface area contributed by atoms with E-state index in [1.807, 2.05) is 0 Å². The quantitative estimate of drug-likeness (QED) is 0.541. The predicted molar refractivity (Wildman–Crippen MR) is 41.6 cm³/mol. The Bertz CT molecular complexity index is 225. The third kappa shape index (κ3) is 1.16. The van der Waals surface area contributed by atoms with E-state index in [2.05, 4.69) is 15.9 Å². The molecule has 0 saturated carbocycles. The van der Waals surface area contributed by atoms with Crippen molar-refractivity contribution in [1.82, 2.24) is 0 Å². The van der Waals surface area contributed by atoms with E-state index in [0.29, 0.717) is 4.48 Å². The van der Waals surface area contributed by atoms with Crippen LogP contribution in [0.4, 0.5) is 0 Å². The molecule has 1 aliphatic carbocycles. The van der Waals surface area contributed by atoms with E-state index in [1.165, 1.54) is 0 Å². The van der Waals surface area contributed by atoms with E-state index >= 15 is 0 Å². The highest BCUT2D eigenvalue weighted by molar-refractivity contribution is 9.12. The zero-order valence-corrected chi connectivity index (χ0v) is 6.20. The van der Waals surface area contributed by atoms with Crippen molar-refractivity contribution in [3.05, 3.63) is 22.7 Å². The van der Waals surface area contributed by atoms with Crippen molar-refractivity contribution >= 4 is 27.4 Å². The summed E-state index contributed by atoms with van der Waals surface area (Å²) in [6.07, 6.45) is 5.08. The van der Waals surface area contributed by atoms with Gasteiger partial charge in [0.05, 0.1) is 11.4 Å². The molecule has 0 aromatic carbocycles. The molecular formula is C6H5BrN2. The largest absolute Gasteiger partial charge is 0.299 e. The minimum absolute atomic E-state index is 0.248. The van der Waals surface area contributed by atoms with Crippen LogP contribution in [0.5, 0.6) is 0 Å². The van der Waals surface area contributed by atoms with Crippen LogP contribution in [0, 0.1) is 10.8 Å². The average Bonchev–Trinajstić information content (AvgIpc) is 1.83. The SMILES string of the molecule is N=C1C=CC=C(Br)C1=N. The summed E-state index contributed by atoms with van der Waals surface area (Å²) in [6.45, 7) is 0. The lowest BCUT2D eigenvalue weighted by molar-refractivity contribution is 1.49. The van der Waals surface area contributed by atoms with Gasteiger partial charge in [-0.3, -0.25) is 10.8 Å². The number of allylic oxidation sites excluding steroid dienone is 4. The van der Waals surface area contributed by atoms with Crippen LogP contribution in [0.1, 0.15) is 0 Å². The van der Waals surface area contributed by atoms with Crippen molar-refractivity contribution in [3.8, 4) is 0 Å². The summed E-state index contributed by atoms with van der Waals surface area (Å²) in [5, 5.41) is 14.4. The summed E-state index contributed by atoms with van der Waals surface area (Å²) >= 11 is 3.14. The molecule has 0 spiro atoms. The Kier molecular flexibility index (Phi) is 1.62. The fraction of sp³-hybridized carbons (Fsp3) is 0. The van der Waals surface area contributed by atoms with Gasteiger partial charge in [0.2, 0.25) is 0 Å². The first-order chi connectivity index (χ1) is 4.22. The van der Waals surface area contributed by atoms with Crippen molar-refractivity contribution in [2.45, 2.75) is 0 Å². The zero-order chi connectivity index (χ0) is 6.85. The second kappa shape index (κ2) is 2.27. The third-order valence-electron chi connectivity index (χ3n) is 1.01. The maximum absolute atomic E-state index is 7.21. The molecule has 0 unspecified atom stereocenters. The molecule has 0 aromatic heterocycles. The van der Waals surface area contributed by atoms with E-state index in [9.17, 15) is 0 Å². The molecule has 1 rings (SSSR count). The number of hydrogen-bond donors (Lipinski definition) is 2. The summed E-state index contributed by atoms with van der Waals surface area (Å²) in [6, 6.07) is 0. The van der Waals surface area contributed by atoms with Crippen LogP contribution in [0.15, 0.2) is 22.7 Å². The lowest BCUT2D eigenvalue weighted by Gasteiger charge is -2.02. The molecule has 46 valence electrons. The van der Waals surface area contributed by atoms with E-state index in [0.717, 1.165) is 0 Å². The minimum Gasteiger partial charge on any atom is -0.299 e. The highest BCUT2D eigenvalue weighted by Crippen LogP contribution is 2.11. The van der Waals surface area contributed by atoms with Crippen LogP contribution < -0.4 is 0 Å². The number of halogens is 1. The second-order valence-electron chi connectivity index (χ2n) is 1.66. The second-order valence-corrected chi connectivity index (χ2v) is 2.52. The fourth-order valence-corrected chi connectivity index (χ4v) is 0.890. The standard InChI is InChI=1S/C6H5BrN2/c7-4-2-1-3-5(8)6(4)9/h1-3,8-9H. The van der Waals surface area contributed by atoms with Gasteiger partial charge in [0.25, 0.3) is 0 Å². The van der Waals surface area contributed by atoms with E-state index < -0.39 is 0 Å². The first kappa shape index (κ1) is 6.42. The normalized spacial score (nSPS) is 18.1. The Morgan fingerprint density at radius 3 is 2.44 bits per heavy atom. The smallest absolute Gasteiger partial charge is 0.0931 e. The molecule has 9 heavy (non-hydrogen) atoms. The van der Waals surface area contributed by atoms with Crippen LogP contribution in [0.3, 0.4) is 0 Å². The predicted octanol–water partition coefficient (Wildman–Crippen LogP) is 1.87. The zero-order valence-electron chi connectivity index (χ0n) is 4.61. The maximum atomic E-state index is 7.21. The highest BCUT2D eigenvalue weighted by atomic mass is 79.9. The van der Waals surface area contributed by atoms with Gasteiger partial charge in [0.1, 0.15) is 0 Å². The lowest BCUT2D eigenvalue weighted by atomic mass is 10.1. The molecule has 0 atom stereocenters. The Hall–Kier alpha value is -0.700. The highest BCUT2D eigenvalue weighted by Gasteiger charge is 2.07. The van der Waals surface area contributed by atoms with Crippen molar-refractivity contribution in [1.29, 1.82) is 10.8 Å². The van der Waals surface area contributed by atoms with Gasteiger partial charge in [-0.1, -0.05) is 6.08 Å². The monoisotopic (exact) mass is 184 g/mol. The number of nitrogens with one attached hydrogen (secondary N) is 2. The van der Waals surface area contributed by atoms with Gasteiger partial charge in [-0.05, 0) is 28.1 Å². The van der Waals surface area contributed by atoms with Gasteiger partial charge in [-0.15, -0.1) is 0 Å². The Labute approximate surface area is 61.4 Å². The van der Waals surface area contributed by atoms with Crippen LogP contribution in [0.2, 0.25) is 0 Å². The minimum atomic E-state index is 0.248. The van der Waals surface area contributed by atoms with Crippen molar-refractivity contribution < 1.29 is 0 Å². The Morgan fingerprint density at radius 2 is 2.00 bits per heavy atom. The average molecular weight is 185 g/mol. The fourth-order valence-electron chi connectivity index (χ4n) is 0.524. The molecule has 0 bridgehead atoms. The summed E-state index contributed by atoms with van der Waals surface area (Å²) < 4.78 is 0.676. The van der Waals surface area contributed by atoms with Crippen LogP contribution >= 0.6 is 15.9 Å². The van der Waals surface area contributed by atoms with Gasteiger partial charge < -0.3 is 0 Å². The van der Waals surface area contributed by atoms with Gasteiger partial charge in [-0.2, -0.15) is 0 Å². The third-order valence-corrected chi connectivity index (χ3v) is 1.67. The van der Waals surface area contributed by atoms with E-state index in [1.54, 1.807) is 18.2 Å². The van der Waals surface area contributed by atoms with Crippen LogP contribution in [-0.2, 0) is 0 Å². The summed E-state index contributed by atoms with van der Waals surface area (Å²) in [4.78, 5) is 0. The molecule has 2 N–H and O–H groups in total. The first-order valence-electron chi connectivity index (χ1n) is 2.43. The molecule has 0 saturated heterocycles. The first-order valence-corrected chi connectivity index (χ1v) is 3.23.